The van der Waals surface area contributed by atoms with Gasteiger partial charge >= 0.3 is 0 Å². The van der Waals surface area contributed by atoms with Gasteiger partial charge in [-0.05, 0) is 24.3 Å². The van der Waals surface area contributed by atoms with Gasteiger partial charge in [0.05, 0.1) is 0 Å². The fourth-order valence-corrected chi connectivity index (χ4v) is 2.12. The van der Waals surface area contributed by atoms with E-state index in [1.54, 1.807) is 24.3 Å². The van der Waals surface area contributed by atoms with Crippen molar-refractivity contribution in [3.63, 3.8) is 0 Å². The molecule has 0 aliphatic carbocycles. The van der Waals surface area contributed by atoms with Crippen molar-refractivity contribution in [2.75, 3.05) is 13.1 Å². The third-order valence-electron chi connectivity index (χ3n) is 2.88. The van der Waals surface area contributed by atoms with E-state index in [2.05, 4.69) is 21.2 Å². The van der Waals surface area contributed by atoms with E-state index in [0.29, 0.717) is 5.56 Å². The van der Waals surface area contributed by atoms with Gasteiger partial charge in [0, 0.05) is 36.0 Å². The van der Waals surface area contributed by atoms with Gasteiger partial charge in [0.15, 0.2) is 0 Å². The summed E-state index contributed by atoms with van der Waals surface area (Å²) < 4.78 is 0.900. The number of carbonyl (C=O) groups excluding carboxylic acids is 3. The molecule has 1 aromatic carbocycles. The fourth-order valence-electron chi connectivity index (χ4n) is 1.86. The molecule has 1 fully saturated rings. The minimum Gasteiger partial charge on any atom is -0.350 e. The number of hydrogen-bond acceptors (Lipinski definition) is 3. The number of imide groups is 1. The Morgan fingerprint density at radius 1 is 1.16 bits per heavy atom. The molecule has 0 saturated carbocycles. The molecule has 0 bridgehead atoms. The molecule has 1 aromatic rings. The summed E-state index contributed by atoms with van der Waals surface area (Å²) in [5, 5.41) is 2.69. The smallest absolute Gasteiger partial charge is 0.251 e. The highest BCUT2D eigenvalue weighted by atomic mass is 79.9. The monoisotopic (exact) mass is 324 g/mol. The number of carbonyl (C=O) groups is 3. The minimum atomic E-state index is -0.216. The number of nitrogens with zero attached hydrogens (tertiary/aromatic N) is 1. The summed E-state index contributed by atoms with van der Waals surface area (Å²) in [5.74, 6) is -0.544. The predicted molar refractivity (Wildman–Crippen MR) is 72.4 cm³/mol. The molecule has 0 radical (unpaired) electrons. The zero-order valence-corrected chi connectivity index (χ0v) is 11.8. The van der Waals surface area contributed by atoms with Gasteiger partial charge in [-0.25, -0.2) is 0 Å². The Balaban J connectivity index is 1.82. The van der Waals surface area contributed by atoms with Crippen LogP contribution in [0.1, 0.15) is 23.2 Å². The Bertz CT molecular complexity index is 497. The molecule has 1 aliphatic rings. The molecule has 100 valence electrons. The largest absolute Gasteiger partial charge is 0.350 e. The number of rotatable bonds is 4. The molecule has 0 spiro atoms. The summed E-state index contributed by atoms with van der Waals surface area (Å²) in [6.07, 6.45) is 0.555. The van der Waals surface area contributed by atoms with Gasteiger partial charge in [-0.15, -0.1) is 0 Å². The van der Waals surface area contributed by atoms with Crippen molar-refractivity contribution >= 4 is 33.7 Å². The van der Waals surface area contributed by atoms with Crippen molar-refractivity contribution in [2.45, 2.75) is 12.8 Å². The highest BCUT2D eigenvalue weighted by molar-refractivity contribution is 9.10. The minimum absolute atomic E-state index is 0.164. The van der Waals surface area contributed by atoms with E-state index in [1.165, 1.54) is 4.90 Å². The molecule has 0 atom stereocenters. The molecule has 6 heteroatoms. The van der Waals surface area contributed by atoms with E-state index >= 15 is 0 Å². The molecule has 19 heavy (non-hydrogen) atoms. The van der Waals surface area contributed by atoms with Crippen LogP contribution in [0.4, 0.5) is 0 Å². The van der Waals surface area contributed by atoms with Crippen molar-refractivity contribution < 1.29 is 14.4 Å². The molecular formula is C13H13BrN2O3. The molecule has 3 amide bonds. The average molecular weight is 325 g/mol. The first-order chi connectivity index (χ1) is 9.08. The van der Waals surface area contributed by atoms with Gasteiger partial charge in [-0.1, -0.05) is 15.9 Å². The van der Waals surface area contributed by atoms with E-state index in [-0.39, 0.29) is 43.7 Å². The van der Waals surface area contributed by atoms with Gasteiger partial charge in [-0.3, -0.25) is 19.3 Å². The van der Waals surface area contributed by atoms with Crippen LogP contribution in [0.5, 0.6) is 0 Å². The predicted octanol–water partition coefficient (Wildman–Crippen LogP) is 1.33. The molecule has 1 N–H and O–H groups in total. The normalized spacial score (nSPS) is 14.9. The van der Waals surface area contributed by atoms with Crippen LogP contribution in [0, 0.1) is 0 Å². The maximum atomic E-state index is 11.8. The lowest BCUT2D eigenvalue weighted by atomic mass is 10.2. The SMILES string of the molecule is O=C(NCCN1C(=O)CCC1=O)c1ccc(Br)cc1. The third-order valence-corrected chi connectivity index (χ3v) is 3.41. The summed E-state index contributed by atoms with van der Waals surface area (Å²) >= 11 is 3.29. The van der Waals surface area contributed by atoms with Gasteiger partial charge < -0.3 is 5.32 Å². The van der Waals surface area contributed by atoms with Crippen LogP contribution in [0.3, 0.4) is 0 Å². The Kier molecular flexibility index (Phi) is 4.31. The summed E-state index contributed by atoms with van der Waals surface area (Å²) in [7, 11) is 0. The standard InChI is InChI=1S/C13H13BrN2O3/c14-10-3-1-9(2-4-10)13(19)15-7-8-16-11(17)5-6-12(16)18/h1-4H,5-8H2,(H,15,19). The van der Waals surface area contributed by atoms with Crippen molar-refractivity contribution in [1.29, 1.82) is 0 Å². The second-order valence-corrected chi connectivity index (χ2v) is 5.12. The number of likely N-dealkylation sites (tertiary alicyclic amines) is 1. The quantitative estimate of drug-likeness (QED) is 0.850. The van der Waals surface area contributed by atoms with Gasteiger partial charge in [0.25, 0.3) is 5.91 Å². The van der Waals surface area contributed by atoms with E-state index < -0.39 is 0 Å². The number of benzene rings is 1. The van der Waals surface area contributed by atoms with Gasteiger partial charge in [-0.2, -0.15) is 0 Å². The van der Waals surface area contributed by atoms with Crippen molar-refractivity contribution in [1.82, 2.24) is 10.2 Å². The highest BCUT2D eigenvalue weighted by Crippen LogP contribution is 2.11. The molecule has 2 rings (SSSR count). The van der Waals surface area contributed by atoms with Gasteiger partial charge in [0.2, 0.25) is 11.8 Å². The van der Waals surface area contributed by atoms with Crippen LogP contribution < -0.4 is 5.32 Å². The van der Waals surface area contributed by atoms with Crippen LogP contribution in [0.15, 0.2) is 28.7 Å². The molecule has 0 unspecified atom stereocenters. The average Bonchev–Trinajstić information content (AvgIpc) is 2.71. The first-order valence-electron chi connectivity index (χ1n) is 5.95. The van der Waals surface area contributed by atoms with Gasteiger partial charge in [0.1, 0.15) is 0 Å². The topological polar surface area (TPSA) is 66.5 Å². The summed E-state index contributed by atoms with van der Waals surface area (Å²) in [5.41, 5.74) is 0.544. The molecular weight excluding hydrogens is 312 g/mol. The lowest BCUT2D eigenvalue weighted by Gasteiger charge is -2.14. The summed E-state index contributed by atoms with van der Waals surface area (Å²) in [6.45, 7) is 0.506. The zero-order chi connectivity index (χ0) is 13.8. The summed E-state index contributed by atoms with van der Waals surface area (Å²) in [4.78, 5) is 35.7. The Morgan fingerprint density at radius 2 is 1.74 bits per heavy atom. The first kappa shape index (κ1) is 13.7. The van der Waals surface area contributed by atoms with Crippen molar-refractivity contribution in [3.8, 4) is 0 Å². The maximum absolute atomic E-state index is 11.8. The summed E-state index contributed by atoms with van der Waals surface area (Å²) in [6, 6.07) is 6.96. The van der Waals surface area contributed by atoms with Crippen LogP contribution in [0.25, 0.3) is 0 Å². The van der Waals surface area contributed by atoms with E-state index in [1.807, 2.05) is 0 Å². The number of nitrogens with one attached hydrogen (secondary N) is 1. The van der Waals surface area contributed by atoms with Crippen molar-refractivity contribution in [3.05, 3.63) is 34.3 Å². The Morgan fingerprint density at radius 3 is 2.32 bits per heavy atom. The highest BCUT2D eigenvalue weighted by Gasteiger charge is 2.28. The molecule has 5 nitrogen and oxygen atoms in total. The Hall–Kier alpha value is -1.69. The lowest BCUT2D eigenvalue weighted by Crippen LogP contribution is -2.37. The molecule has 0 aromatic heterocycles. The van der Waals surface area contributed by atoms with Crippen LogP contribution >= 0.6 is 15.9 Å². The van der Waals surface area contributed by atoms with E-state index in [0.717, 1.165) is 4.47 Å². The molecule has 1 aliphatic heterocycles. The molecule has 1 saturated heterocycles. The Labute approximate surface area is 119 Å². The number of amides is 3. The van der Waals surface area contributed by atoms with E-state index in [4.69, 9.17) is 0 Å². The maximum Gasteiger partial charge on any atom is 0.251 e. The van der Waals surface area contributed by atoms with Crippen LogP contribution in [-0.4, -0.2) is 35.7 Å². The third kappa shape index (κ3) is 3.41. The second kappa shape index (κ2) is 5.97. The fraction of sp³-hybridized carbons (Fsp3) is 0.308. The van der Waals surface area contributed by atoms with Crippen LogP contribution in [-0.2, 0) is 9.59 Å². The number of hydrogen-bond donors (Lipinski definition) is 1. The molecule has 1 heterocycles. The van der Waals surface area contributed by atoms with Crippen LogP contribution in [0.2, 0.25) is 0 Å². The van der Waals surface area contributed by atoms with Crippen molar-refractivity contribution in [2.24, 2.45) is 0 Å². The van der Waals surface area contributed by atoms with E-state index in [9.17, 15) is 14.4 Å². The number of halogens is 1. The zero-order valence-electron chi connectivity index (χ0n) is 10.2. The lowest BCUT2D eigenvalue weighted by molar-refractivity contribution is -0.138. The first-order valence-corrected chi connectivity index (χ1v) is 6.74. The second-order valence-electron chi connectivity index (χ2n) is 4.20.